The highest BCUT2D eigenvalue weighted by molar-refractivity contribution is 5.54. The van der Waals surface area contributed by atoms with Crippen molar-refractivity contribution in [1.82, 2.24) is 4.98 Å². The fourth-order valence-electron chi connectivity index (χ4n) is 1.75. The zero-order chi connectivity index (χ0) is 8.55. The summed E-state index contributed by atoms with van der Waals surface area (Å²) in [5.41, 5.74) is 2.97. The van der Waals surface area contributed by atoms with Crippen LogP contribution in [-0.4, -0.2) is 4.98 Å². The van der Waals surface area contributed by atoms with Crippen LogP contribution in [0.4, 0.5) is 0 Å². The van der Waals surface area contributed by atoms with Crippen molar-refractivity contribution >= 4 is 11.1 Å². The molecule has 0 fully saturated rings. The van der Waals surface area contributed by atoms with E-state index in [0.717, 1.165) is 0 Å². The van der Waals surface area contributed by atoms with E-state index in [9.17, 15) is 0 Å². The van der Waals surface area contributed by atoms with Gasteiger partial charge in [-0.2, -0.15) is 0 Å². The lowest BCUT2D eigenvalue weighted by molar-refractivity contribution is 1.01. The van der Waals surface area contributed by atoms with Gasteiger partial charge in [0.15, 0.2) is 0 Å². The summed E-state index contributed by atoms with van der Waals surface area (Å²) in [4.78, 5) is 4.15. The molecule has 1 nitrogen and oxygen atoms in total. The van der Waals surface area contributed by atoms with Gasteiger partial charge >= 0.3 is 0 Å². The molecule has 1 aliphatic carbocycles. The largest absolute Gasteiger partial charge is 0.264 e. The lowest BCUT2D eigenvalue weighted by Crippen LogP contribution is -2.31. The van der Waals surface area contributed by atoms with Crippen molar-refractivity contribution in [3.8, 4) is 0 Å². The van der Waals surface area contributed by atoms with E-state index in [0.29, 0.717) is 0 Å². The molecule has 2 rings (SSSR count). The predicted molar refractivity (Wildman–Crippen MR) is 50.9 cm³/mol. The van der Waals surface area contributed by atoms with Gasteiger partial charge in [-0.1, -0.05) is 11.1 Å². The summed E-state index contributed by atoms with van der Waals surface area (Å²) >= 11 is 0. The third kappa shape index (κ3) is 1.06. The Morgan fingerprint density at radius 2 is 1.75 bits per heavy atom. The number of hydrogen-bond donors (Lipinski definition) is 0. The van der Waals surface area contributed by atoms with E-state index in [-0.39, 0.29) is 0 Å². The maximum atomic E-state index is 4.15. The van der Waals surface area contributed by atoms with Crippen molar-refractivity contribution in [1.29, 1.82) is 0 Å². The molecule has 0 saturated carbocycles. The molecule has 0 amide bonds. The normalized spacial score (nSPS) is 16.2. The summed E-state index contributed by atoms with van der Waals surface area (Å²) in [7, 11) is 0. The Hall–Kier alpha value is -1.11. The van der Waals surface area contributed by atoms with Gasteiger partial charge in [0.25, 0.3) is 0 Å². The van der Waals surface area contributed by atoms with Gasteiger partial charge in [-0.15, -0.1) is 0 Å². The first kappa shape index (κ1) is 7.53. The van der Waals surface area contributed by atoms with E-state index in [4.69, 9.17) is 0 Å². The molecule has 1 aromatic rings. The van der Waals surface area contributed by atoms with E-state index in [1.165, 1.54) is 34.4 Å². The van der Waals surface area contributed by atoms with Crippen LogP contribution >= 0.6 is 0 Å². The lowest BCUT2D eigenvalue weighted by atomic mass is 9.97. The number of aromatic nitrogens is 1. The molecule has 0 aliphatic heterocycles. The molecule has 0 bridgehead atoms. The van der Waals surface area contributed by atoms with Gasteiger partial charge in [0.05, 0.1) is 0 Å². The molecule has 1 aliphatic rings. The summed E-state index contributed by atoms with van der Waals surface area (Å²) in [5, 5.41) is 2.75. The van der Waals surface area contributed by atoms with E-state index in [2.05, 4.69) is 24.9 Å². The SMILES string of the molecule is CC1=c2ccncc2=C(C)CC1. The molecule has 1 aromatic heterocycles. The fraction of sp³-hybridized carbons (Fsp3) is 0.364. The van der Waals surface area contributed by atoms with Gasteiger partial charge in [0.2, 0.25) is 0 Å². The van der Waals surface area contributed by atoms with E-state index >= 15 is 0 Å². The van der Waals surface area contributed by atoms with Crippen LogP contribution in [0.25, 0.3) is 11.1 Å². The molecule has 0 unspecified atom stereocenters. The predicted octanol–water partition coefficient (Wildman–Crippen LogP) is 1.22. The second-order valence-corrected chi connectivity index (χ2v) is 3.48. The van der Waals surface area contributed by atoms with Crippen LogP contribution in [0.15, 0.2) is 18.5 Å². The highest BCUT2D eigenvalue weighted by atomic mass is 14.6. The first-order chi connectivity index (χ1) is 5.79. The Kier molecular flexibility index (Phi) is 1.72. The monoisotopic (exact) mass is 159 g/mol. The molecule has 1 heteroatoms. The summed E-state index contributed by atoms with van der Waals surface area (Å²) in [6.07, 6.45) is 6.27. The minimum Gasteiger partial charge on any atom is -0.264 e. The van der Waals surface area contributed by atoms with Gasteiger partial charge in [-0.05, 0) is 43.2 Å². The van der Waals surface area contributed by atoms with E-state index in [1.807, 2.05) is 12.4 Å². The van der Waals surface area contributed by atoms with Gasteiger partial charge in [-0.3, -0.25) is 4.98 Å². The Balaban J connectivity index is 2.95. The Bertz CT molecular complexity index is 374. The van der Waals surface area contributed by atoms with Gasteiger partial charge < -0.3 is 0 Å². The van der Waals surface area contributed by atoms with Crippen LogP contribution in [0.1, 0.15) is 26.7 Å². The molecule has 1 heterocycles. The van der Waals surface area contributed by atoms with E-state index in [1.54, 1.807) is 0 Å². The maximum absolute atomic E-state index is 4.15. The summed E-state index contributed by atoms with van der Waals surface area (Å²) in [6.45, 7) is 4.41. The molecule has 0 spiro atoms. The van der Waals surface area contributed by atoms with Crippen molar-refractivity contribution in [2.75, 3.05) is 0 Å². The summed E-state index contributed by atoms with van der Waals surface area (Å²) in [5.74, 6) is 0. The number of rotatable bonds is 0. The standard InChI is InChI=1S/C11H13N/c1-8-3-4-9(2)11-7-12-6-5-10(8)11/h5-7H,3-4H2,1-2H3. The smallest absolute Gasteiger partial charge is 0.0345 e. The minimum absolute atomic E-state index is 1.20. The second kappa shape index (κ2) is 2.74. The molecular formula is C11H13N. The van der Waals surface area contributed by atoms with Gasteiger partial charge in [-0.25, -0.2) is 0 Å². The Morgan fingerprint density at radius 3 is 2.42 bits per heavy atom. The van der Waals surface area contributed by atoms with Crippen LogP contribution in [0.3, 0.4) is 0 Å². The van der Waals surface area contributed by atoms with Gasteiger partial charge in [0, 0.05) is 12.4 Å². The molecule has 0 aromatic carbocycles. The number of fused-ring (bicyclic) bond motifs is 1. The van der Waals surface area contributed by atoms with Crippen molar-refractivity contribution in [2.24, 2.45) is 0 Å². The Morgan fingerprint density at radius 1 is 1.08 bits per heavy atom. The molecule has 0 radical (unpaired) electrons. The van der Waals surface area contributed by atoms with Crippen molar-refractivity contribution in [2.45, 2.75) is 26.7 Å². The van der Waals surface area contributed by atoms with Crippen LogP contribution in [0.2, 0.25) is 0 Å². The molecule has 0 N–H and O–H groups in total. The molecule has 0 saturated heterocycles. The summed E-state index contributed by atoms with van der Waals surface area (Å²) in [6, 6.07) is 2.12. The van der Waals surface area contributed by atoms with Crippen LogP contribution in [0.5, 0.6) is 0 Å². The van der Waals surface area contributed by atoms with Gasteiger partial charge in [0.1, 0.15) is 0 Å². The molecular weight excluding hydrogens is 146 g/mol. The van der Waals surface area contributed by atoms with Crippen molar-refractivity contribution in [3.05, 3.63) is 28.9 Å². The molecule has 12 heavy (non-hydrogen) atoms. The zero-order valence-corrected chi connectivity index (χ0v) is 7.59. The average Bonchev–Trinajstić information content (AvgIpc) is 2.12. The highest BCUT2D eigenvalue weighted by Gasteiger charge is 2.03. The van der Waals surface area contributed by atoms with Crippen LogP contribution in [0, 0.1) is 0 Å². The number of pyridine rings is 1. The number of hydrogen-bond acceptors (Lipinski definition) is 1. The topological polar surface area (TPSA) is 12.9 Å². The molecule has 0 atom stereocenters. The minimum atomic E-state index is 1.20. The van der Waals surface area contributed by atoms with Crippen LogP contribution in [-0.2, 0) is 0 Å². The van der Waals surface area contributed by atoms with Crippen molar-refractivity contribution < 1.29 is 0 Å². The fourth-order valence-corrected chi connectivity index (χ4v) is 1.75. The van der Waals surface area contributed by atoms with Crippen molar-refractivity contribution in [3.63, 3.8) is 0 Å². The first-order valence-electron chi connectivity index (χ1n) is 4.38. The average molecular weight is 159 g/mol. The highest BCUT2D eigenvalue weighted by Crippen LogP contribution is 2.12. The third-order valence-electron chi connectivity index (χ3n) is 2.62. The summed E-state index contributed by atoms with van der Waals surface area (Å²) < 4.78 is 0. The number of nitrogens with zero attached hydrogens (tertiary/aromatic N) is 1. The van der Waals surface area contributed by atoms with Crippen LogP contribution < -0.4 is 10.4 Å². The third-order valence-corrected chi connectivity index (χ3v) is 2.62. The quantitative estimate of drug-likeness (QED) is 0.554. The second-order valence-electron chi connectivity index (χ2n) is 3.48. The molecule has 62 valence electrons. The maximum Gasteiger partial charge on any atom is 0.0345 e. The van der Waals surface area contributed by atoms with E-state index < -0.39 is 0 Å². The lowest BCUT2D eigenvalue weighted by Gasteiger charge is -2.09. The Labute approximate surface area is 72.5 Å². The zero-order valence-electron chi connectivity index (χ0n) is 7.59. The first-order valence-corrected chi connectivity index (χ1v) is 4.38.